The maximum Gasteiger partial charge on any atom is 0.0485 e. The fraction of sp³-hybridized carbons (Fsp3) is 0.636. The van der Waals surface area contributed by atoms with Crippen LogP contribution in [0.15, 0.2) is 24.3 Å². The lowest BCUT2D eigenvalue weighted by atomic mass is 9.65. The molecule has 0 unspecified atom stereocenters. The Bertz CT molecular complexity index is 704. The van der Waals surface area contributed by atoms with Gasteiger partial charge in [0.1, 0.15) is 0 Å². The Morgan fingerprint density at radius 3 is 2.54 bits per heavy atom. The third kappa shape index (κ3) is 2.69. The van der Waals surface area contributed by atoms with Crippen molar-refractivity contribution in [2.24, 2.45) is 0 Å². The molecule has 0 aliphatic heterocycles. The fourth-order valence-electron chi connectivity index (χ4n) is 5.45. The van der Waals surface area contributed by atoms with E-state index in [2.05, 4.69) is 47.8 Å². The molecular formula is C22H32N2. The van der Waals surface area contributed by atoms with Crippen LogP contribution in [0, 0.1) is 0 Å². The molecule has 0 saturated heterocycles. The van der Waals surface area contributed by atoms with Crippen molar-refractivity contribution in [2.45, 2.75) is 69.7 Å². The molecule has 0 N–H and O–H groups in total. The van der Waals surface area contributed by atoms with Crippen LogP contribution in [0.1, 0.15) is 62.6 Å². The Labute approximate surface area is 146 Å². The monoisotopic (exact) mass is 324 g/mol. The van der Waals surface area contributed by atoms with Gasteiger partial charge in [-0.05, 0) is 70.8 Å². The summed E-state index contributed by atoms with van der Waals surface area (Å²) in [4.78, 5) is 2.31. The van der Waals surface area contributed by atoms with Gasteiger partial charge in [-0.25, -0.2) is 0 Å². The van der Waals surface area contributed by atoms with Crippen molar-refractivity contribution in [1.82, 2.24) is 9.47 Å². The van der Waals surface area contributed by atoms with Crippen molar-refractivity contribution in [2.75, 3.05) is 20.6 Å². The minimum Gasteiger partial charge on any atom is -0.344 e. The van der Waals surface area contributed by atoms with Crippen LogP contribution in [0.5, 0.6) is 0 Å². The molecule has 2 aliphatic rings. The summed E-state index contributed by atoms with van der Waals surface area (Å²) >= 11 is 0. The molecule has 1 fully saturated rings. The number of para-hydroxylation sites is 1. The average molecular weight is 325 g/mol. The lowest BCUT2D eigenvalue weighted by molar-refractivity contribution is 0.240. The molecule has 2 aromatic rings. The van der Waals surface area contributed by atoms with Gasteiger partial charge in [0.2, 0.25) is 0 Å². The summed E-state index contributed by atoms with van der Waals surface area (Å²) < 4.78 is 2.73. The highest BCUT2D eigenvalue weighted by Crippen LogP contribution is 2.50. The first kappa shape index (κ1) is 16.2. The maximum absolute atomic E-state index is 2.73. The lowest BCUT2D eigenvalue weighted by Crippen LogP contribution is -2.35. The molecule has 1 aromatic heterocycles. The van der Waals surface area contributed by atoms with Crippen molar-refractivity contribution in [3.05, 3.63) is 35.5 Å². The topological polar surface area (TPSA) is 8.17 Å². The molecule has 2 heteroatoms. The second kappa shape index (κ2) is 6.55. The zero-order chi connectivity index (χ0) is 16.6. The van der Waals surface area contributed by atoms with Crippen LogP contribution in [-0.2, 0) is 18.4 Å². The molecule has 2 nitrogen and oxygen atoms in total. The summed E-state index contributed by atoms with van der Waals surface area (Å²) in [5, 5.41) is 1.54. The first-order chi connectivity index (χ1) is 11.7. The Balaban J connectivity index is 1.82. The molecule has 1 heterocycles. The number of hydrogen-bond acceptors (Lipinski definition) is 1. The van der Waals surface area contributed by atoms with Gasteiger partial charge in [-0.15, -0.1) is 0 Å². The van der Waals surface area contributed by atoms with Gasteiger partial charge >= 0.3 is 0 Å². The molecule has 1 saturated carbocycles. The van der Waals surface area contributed by atoms with E-state index in [1.165, 1.54) is 76.4 Å². The van der Waals surface area contributed by atoms with Crippen LogP contribution in [0.3, 0.4) is 0 Å². The molecule has 0 atom stereocenters. The Kier molecular flexibility index (Phi) is 4.42. The van der Waals surface area contributed by atoms with Crippen LogP contribution in [0.2, 0.25) is 0 Å². The zero-order valence-electron chi connectivity index (χ0n) is 15.5. The van der Waals surface area contributed by atoms with Crippen molar-refractivity contribution in [3.8, 4) is 0 Å². The smallest absolute Gasteiger partial charge is 0.0485 e. The van der Waals surface area contributed by atoms with Gasteiger partial charge in [-0.3, -0.25) is 0 Å². The predicted molar refractivity (Wildman–Crippen MR) is 103 cm³/mol. The minimum absolute atomic E-state index is 0.489. The number of aromatic nitrogens is 1. The predicted octanol–water partition coefficient (Wildman–Crippen LogP) is 5.13. The normalized spacial score (nSPS) is 20.0. The maximum atomic E-state index is 2.73. The van der Waals surface area contributed by atoms with Crippen LogP contribution < -0.4 is 0 Å². The Morgan fingerprint density at radius 2 is 1.75 bits per heavy atom. The highest BCUT2D eigenvalue weighted by molar-refractivity contribution is 5.86. The summed E-state index contributed by atoms with van der Waals surface area (Å²) in [6, 6.07) is 9.19. The van der Waals surface area contributed by atoms with Crippen LogP contribution in [0.25, 0.3) is 10.9 Å². The quantitative estimate of drug-likeness (QED) is 0.757. The number of aryl methyl sites for hydroxylation is 2. The first-order valence-corrected chi connectivity index (χ1v) is 9.97. The summed E-state index contributed by atoms with van der Waals surface area (Å²) in [5.41, 5.74) is 5.42. The van der Waals surface area contributed by atoms with Crippen LogP contribution in [0.4, 0.5) is 0 Å². The summed E-state index contributed by atoms with van der Waals surface area (Å²) in [5.74, 6) is 0. The van der Waals surface area contributed by atoms with E-state index in [1.54, 1.807) is 16.6 Å². The van der Waals surface area contributed by atoms with Crippen molar-refractivity contribution in [3.63, 3.8) is 0 Å². The number of rotatable bonds is 4. The SMILES string of the molecule is CN(C)CCCn1c2c(c3ccccc31)CCCC21CCCCC1. The first-order valence-electron chi connectivity index (χ1n) is 9.97. The molecule has 0 bridgehead atoms. The van der Waals surface area contributed by atoms with Crippen LogP contribution >= 0.6 is 0 Å². The number of fused-ring (bicyclic) bond motifs is 4. The van der Waals surface area contributed by atoms with E-state index in [0.717, 1.165) is 0 Å². The average Bonchev–Trinajstić information content (AvgIpc) is 2.92. The van der Waals surface area contributed by atoms with E-state index in [9.17, 15) is 0 Å². The second-order valence-electron chi connectivity index (χ2n) is 8.35. The van der Waals surface area contributed by atoms with E-state index in [4.69, 9.17) is 0 Å². The van der Waals surface area contributed by atoms with E-state index >= 15 is 0 Å². The Morgan fingerprint density at radius 1 is 1.00 bits per heavy atom. The molecule has 130 valence electrons. The number of nitrogens with zero attached hydrogens (tertiary/aromatic N) is 2. The second-order valence-corrected chi connectivity index (χ2v) is 8.35. The minimum atomic E-state index is 0.489. The largest absolute Gasteiger partial charge is 0.344 e. The van der Waals surface area contributed by atoms with Gasteiger partial charge in [0.15, 0.2) is 0 Å². The zero-order valence-corrected chi connectivity index (χ0v) is 15.5. The lowest BCUT2D eigenvalue weighted by Gasteiger charge is -2.42. The molecule has 1 spiro atoms. The molecule has 0 radical (unpaired) electrons. The number of benzene rings is 1. The summed E-state index contributed by atoms with van der Waals surface area (Å²) in [6.07, 6.45) is 12.5. The molecular weight excluding hydrogens is 292 g/mol. The van der Waals surface area contributed by atoms with Gasteiger partial charge in [-0.1, -0.05) is 37.5 Å². The van der Waals surface area contributed by atoms with Crippen molar-refractivity contribution in [1.29, 1.82) is 0 Å². The van der Waals surface area contributed by atoms with Gasteiger partial charge in [-0.2, -0.15) is 0 Å². The van der Waals surface area contributed by atoms with E-state index < -0.39 is 0 Å². The van der Waals surface area contributed by atoms with E-state index in [0.29, 0.717) is 5.41 Å². The van der Waals surface area contributed by atoms with Gasteiger partial charge < -0.3 is 9.47 Å². The fourth-order valence-corrected chi connectivity index (χ4v) is 5.45. The molecule has 1 aromatic carbocycles. The van der Waals surface area contributed by atoms with E-state index in [1.807, 2.05) is 0 Å². The highest BCUT2D eigenvalue weighted by atomic mass is 15.1. The third-order valence-corrected chi connectivity index (χ3v) is 6.46. The molecule has 4 rings (SSSR count). The van der Waals surface area contributed by atoms with Crippen molar-refractivity contribution >= 4 is 10.9 Å². The number of hydrogen-bond donors (Lipinski definition) is 0. The van der Waals surface area contributed by atoms with Gasteiger partial charge in [0.25, 0.3) is 0 Å². The summed E-state index contributed by atoms with van der Waals surface area (Å²) in [6.45, 7) is 2.35. The summed E-state index contributed by atoms with van der Waals surface area (Å²) in [7, 11) is 4.37. The third-order valence-electron chi connectivity index (χ3n) is 6.46. The van der Waals surface area contributed by atoms with Crippen LogP contribution in [-0.4, -0.2) is 30.1 Å². The Hall–Kier alpha value is -1.28. The van der Waals surface area contributed by atoms with Gasteiger partial charge in [0, 0.05) is 28.6 Å². The van der Waals surface area contributed by atoms with Crippen molar-refractivity contribution < 1.29 is 0 Å². The molecule has 0 amide bonds. The van der Waals surface area contributed by atoms with E-state index in [-0.39, 0.29) is 0 Å². The standard InChI is InChI=1S/C22H32N2/c1-23(2)16-9-17-24-20-12-5-4-10-18(20)19-11-8-15-22(21(19)24)13-6-3-7-14-22/h4-5,10,12H,3,6-9,11,13-17H2,1-2H3. The highest BCUT2D eigenvalue weighted by Gasteiger charge is 2.41. The molecule has 24 heavy (non-hydrogen) atoms. The molecule has 2 aliphatic carbocycles. The van der Waals surface area contributed by atoms with Gasteiger partial charge in [0.05, 0.1) is 0 Å².